The Morgan fingerprint density at radius 3 is 2.00 bits per heavy atom. The maximum Gasteiger partial charge on any atom is 0.319 e. The van der Waals surface area contributed by atoms with E-state index in [2.05, 4.69) is 21.3 Å². The first-order valence-electron chi connectivity index (χ1n) is 8.59. The molecule has 1 unspecified atom stereocenters. The van der Waals surface area contributed by atoms with Crippen molar-refractivity contribution in [3.8, 4) is 0 Å². The number of amides is 4. The number of benzene rings is 2. The summed E-state index contributed by atoms with van der Waals surface area (Å²) in [6, 6.07) is 10.1. The van der Waals surface area contributed by atoms with Gasteiger partial charge < -0.3 is 21.3 Å². The summed E-state index contributed by atoms with van der Waals surface area (Å²) in [5.41, 5.74) is 0.710. The van der Waals surface area contributed by atoms with Gasteiger partial charge in [-0.25, -0.2) is 18.4 Å². The maximum atomic E-state index is 13.1. The second kappa shape index (κ2) is 10.1. The topological polar surface area (TPSA) is 82.3 Å². The Morgan fingerprint density at radius 2 is 1.48 bits per heavy atom. The molecule has 0 aliphatic carbocycles. The van der Waals surface area contributed by atoms with Crippen molar-refractivity contribution in [2.75, 3.05) is 17.2 Å². The van der Waals surface area contributed by atoms with Gasteiger partial charge in [-0.3, -0.25) is 0 Å². The van der Waals surface area contributed by atoms with Crippen molar-refractivity contribution in [3.63, 3.8) is 0 Å². The highest BCUT2D eigenvalue weighted by molar-refractivity contribution is 5.90. The van der Waals surface area contributed by atoms with Crippen molar-refractivity contribution < 1.29 is 18.4 Å². The fourth-order valence-electron chi connectivity index (χ4n) is 2.40. The van der Waals surface area contributed by atoms with Crippen LogP contribution in [0.3, 0.4) is 0 Å². The number of carbonyl (C=O) groups excluding carboxylic acids is 2. The predicted molar refractivity (Wildman–Crippen MR) is 101 cm³/mol. The molecule has 0 aromatic heterocycles. The molecular weight excluding hydrogens is 354 g/mol. The molecular formula is C19H22F2N4O2. The van der Waals surface area contributed by atoms with Crippen molar-refractivity contribution in [3.05, 3.63) is 60.2 Å². The van der Waals surface area contributed by atoms with E-state index in [1.54, 1.807) is 12.1 Å². The van der Waals surface area contributed by atoms with Crippen LogP contribution < -0.4 is 21.3 Å². The summed E-state index contributed by atoms with van der Waals surface area (Å²) in [5, 5.41) is 10.5. The number of nitrogens with one attached hydrogen (secondary N) is 4. The number of anilines is 2. The molecule has 0 heterocycles. The van der Waals surface area contributed by atoms with Crippen molar-refractivity contribution in [2.45, 2.75) is 25.8 Å². The number of hydrogen-bond donors (Lipinski definition) is 4. The summed E-state index contributed by atoms with van der Waals surface area (Å²) >= 11 is 0. The normalized spacial score (nSPS) is 11.4. The fraction of sp³-hybridized carbons (Fsp3) is 0.263. The van der Waals surface area contributed by atoms with Crippen LogP contribution in [0.15, 0.2) is 48.5 Å². The van der Waals surface area contributed by atoms with Gasteiger partial charge in [0.15, 0.2) is 0 Å². The van der Waals surface area contributed by atoms with Crippen molar-refractivity contribution >= 4 is 23.4 Å². The van der Waals surface area contributed by atoms with E-state index in [1.807, 2.05) is 6.92 Å². The van der Waals surface area contributed by atoms with E-state index in [0.717, 1.165) is 0 Å². The molecule has 0 spiro atoms. The Morgan fingerprint density at radius 1 is 0.926 bits per heavy atom. The highest BCUT2D eigenvalue weighted by Crippen LogP contribution is 2.10. The molecule has 1 atom stereocenters. The highest BCUT2D eigenvalue weighted by Gasteiger charge is 2.11. The quantitative estimate of drug-likeness (QED) is 0.587. The fourth-order valence-corrected chi connectivity index (χ4v) is 2.40. The standard InChI is InChI=1S/C19H22F2N4O2/c1-2-15(23-19(27)25-17-8-4-6-14(21)12-17)9-10-22-18(26)24-16-7-3-5-13(20)11-16/h3-8,11-12,15H,2,9-10H2,1H3,(H2,22,24,26)(H2,23,25,27). The van der Waals surface area contributed by atoms with E-state index >= 15 is 0 Å². The second-order valence-electron chi connectivity index (χ2n) is 5.89. The van der Waals surface area contributed by atoms with Gasteiger partial charge in [-0.1, -0.05) is 19.1 Å². The number of carbonyl (C=O) groups is 2. The predicted octanol–water partition coefficient (Wildman–Crippen LogP) is 4.08. The molecule has 4 N–H and O–H groups in total. The van der Waals surface area contributed by atoms with Gasteiger partial charge in [0.05, 0.1) is 0 Å². The molecule has 0 bridgehead atoms. The lowest BCUT2D eigenvalue weighted by Gasteiger charge is -2.18. The summed E-state index contributed by atoms with van der Waals surface area (Å²) < 4.78 is 26.2. The van der Waals surface area contributed by atoms with Gasteiger partial charge in [0.2, 0.25) is 0 Å². The number of hydrogen-bond acceptors (Lipinski definition) is 2. The third kappa shape index (κ3) is 7.31. The summed E-state index contributed by atoms with van der Waals surface area (Å²) in [6.07, 6.45) is 1.16. The summed E-state index contributed by atoms with van der Waals surface area (Å²) in [5.74, 6) is -0.874. The van der Waals surface area contributed by atoms with Crippen LogP contribution in [0, 0.1) is 11.6 Å². The van der Waals surface area contributed by atoms with Gasteiger partial charge in [-0.2, -0.15) is 0 Å². The molecule has 2 aromatic carbocycles. The Labute approximate surface area is 156 Å². The van der Waals surface area contributed by atoms with E-state index in [9.17, 15) is 18.4 Å². The maximum absolute atomic E-state index is 13.1. The molecule has 6 nitrogen and oxygen atoms in total. The zero-order chi connectivity index (χ0) is 19.6. The van der Waals surface area contributed by atoms with Gasteiger partial charge in [-0.15, -0.1) is 0 Å². The van der Waals surface area contributed by atoms with E-state index < -0.39 is 23.7 Å². The smallest absolute Gasteiger partial charge is 0.319 e. The molecule has 2 aromatic rings. The van der Waals surface area contributed by atoms with Crippen LogP contribution in [0.2, 0.25) is 0 Å². The molecule has 0 saturated heterocycles. The van der Waals surface area contributed by atoms with Crippen LogP contribution in [0.4, 0.5) is 29.7 Å². The first kappa shape index (κ1) is 20.2. The summed E-state index contributed by atoms with van der Waals surface area (Å²) in [7, 11) is 0. The third-order valence-electron chi connectivity index (χ3n) is 3.77. The van der Waals surface area contributed by atoms with Gasteiger partial charge in [0.1, 0.15) is 11.6 Å². The minimum atomic E-state index is -0.459. The minimum Gasteiger partial charge on any atom is -0.338 e. The van der Waals surface area contributed by atoms with Crippen molar-refractivity contribution in [1.29, 1.82) is 0 Å². The highest BCUT2D eigenvalue weighted by atomic mass is 19.1. The van der Waals surface area contributed by atoms with Crippen molar-refractivity contribution in [2.24, 2.45) is 0 Å². The SMILES string of the molecule is CCC(CCNC(=O)Nc1cccc(F)c1)NC(=O)Nc1cccc(F)c1. The molecule has 4 amide bonds. The van der Waals surface area contributed by atoms with Gasteiger partial charge in [0.25, 0.3) is 0 Å². The van der Waals surface area contributed by atoms with Gasteiger partial charge in [0, 0.05) is 24.0 Å². The zero-order valence-corrected chi connectivity index (χ0v) is 14.9. The van der Waals surface area contributed by atoms with Crippen LogP contribution >= 0.6 is 0 Å². The Kier molecular flexibility index (Phi) is 7.54. The van der Waals surface area contributed by atoms with E-state index in [1.165, 1.54) is 36.4 Å². The summed E-state index contributed by atoms with van der Waals surface area (Å²) in [6.45, 7) is 2.22. The Balaban J connectivity index is 1.72. The second-order valence-corrected chi connectivity index (χ2v) is 5.89. The molecule has 0 aliphatic rings. The van der Waals surface area contributed by atoms with Crippen LogP contribution in [-0.4, -0.2) is 24.6 Å². The van der Waals surface area contributed by atoms with E-state index in [4.69, 9.17) is 0 Å². The Hall–Kier alpha value is -3.16. The largest absolute Gasteiger partial charge is 0.338 e. The Bertz CT molecular complexity index is 786. The van der Waals surface area contributed by atoms with Gasteiger partial charge >= 0.3 is 12.1 Å². The molecule has 27 heavy (non-hydrogen) atoms. The number of halogens is 2. The molecule has 2 rings (SSSR count). The molecule has 0 saturated carbocycles. The van der Waals surface area contributed by atoms with E-state index in [0.29, 0.717) is 30.8 Å². The van der Waals surface area contributed by atoms with Crippen LogP contribution in [0.1, 0.15) is 19.8 Å². The van der Waals surface area contributed by atoms with Crippen LogP contribution in [0.5, 0.6) is 0 Å². The zero-order valence-electron chi connectivity index (χ0n) is 14.9. The first-order valence-corrected chi connectivity index (χ1v) is 8.59. The third-order valence-corrected chi connectivity index (χ3v) is 3.77. The molecule has 0 aliphatic heterocycles. The monoisotopic (exact) mass is 376 g/mol. The van der Waals surface area contributed by atoms with E-state index in [-0.39, 0.29) is 6.04 Å². The average molecular weight is 376 g/mol. The lowest BCUT2D eigenvalue weighted by Crippen LogP contribution is -2.40. The lowest BCUT2D eigenvalue weighted by atomic mass is 10.1. The molecule has 0 radical (unpaired) electrons. The van der Waals surface area contributed by atoms with Crippen LogP contribution in [0.25, 0.3) is 0 Å². The lowest BCUT2D eigenvalue weighted by molar-refractivity contribution is 0.246. The molecule has 8 heteroatoms. The van der Waals surface area contributed by atoms with Gasteiger partial charge in [-0.05, 0) is 49.2 Å². The number of urea groups is 2. The summed E-state index contributed by atoms with van der Waals surface area (Å²) in [4.78, 5) is 23.8. The first-order chi connectivity index (χ1) is 13.0. The average Bonchev–Trinajstić information content (AvgIpc) is 2.60. The van der Waals surface area contributed by atoms with Crippen LogP contribution in [-0.2, 0) is 0 Å². The minimum absolute atomic E-state index is 0.173. The number of rotatable bonds is 7. The molecule has 144 valence electrons. The molecule has 0 fully saturated rings. The van der Waals surface area contributed by atoms with Crippen molar-refractivity contribution in [1.82, 2.24) is 10.6 Å².